The van der Waals surface area contributed by atoms with Crippen molar-refractivity contribution in [3.63, 3.8) is 0 Å². The van der Waals surface area contributed by atoms with E-state index in [0.29, 0.717) is 13.0 Å². The summed E-state index contributed by atoms with van der Waals surface area (Å²) in [4.78, 5) is 13.8. The second-order valence-corrected chi connectivity index (χ2v) is 6.36. The Kier molecular flexibility index (Phi) is 6.10. The highest BCUT2D eigenvalue weighted by Gasteiger charge is 2.15. The summed E-state index contributed by atoms with van der Waals surface area (Å²) >= 11 is 1.56. The van der Waals surface area contributed by atoms with Crippen LogP contribution in [-0.2, 0) is 11.3 Å². The molecule has 1 heterocycles. The third kappa shape index (κ3) is 4.99. The molecule has 20 heavy (non-hydrogen) atoms. The van der Waals surface area contributed by atoms with Crippen molar-refractivity contribution in [1.82, 2.24) is 5.32 Å². The summed E-state index contributed by atoms with van der Waals surface area (Å²) in [5.41, 5.74) is 0. The summed E-state index contributed by atoms with van der Waals surface area (Å²) in [6, 6.07) is 3.90. The van der Waals surface area contributed by atoms with Gasteiger partial charge in [0, 0.05) is 11.3 Å². The lowest BCUT2D eigenvalue weighted by Crippen LogP contribution is -2.22. The maximum Gasteiger partial charge on any atom is 0.220 e. The van der Waals surface area contributed by atoms with Crippen LogP contribution in [0.5, 0.6) is 0 Å². The maximum atomic E-state index is 11.8. The molecule has 108 valence electrons. The van der Waals surface area contributed by atoms with Gasteiger partial charge in [0.25, 0.3) is 0 Å². The number of hydrogen-bond donors (Lipinski definition) is 2. The molecule has 0 saturated heterocycles. The van der Waals surface area contributed by atoms with Crippen LogP contribution in [-0.4, -0.2) is 17.6 Å². The van der Waals surface area contributed by atoms with E-state index in [1.807, 2.05) is 12.1 Å². The number of nitrogens with one attached hydrogen (secondary N) is 1. The van der Waals surface area contributed by atoms with Gasteiger partial charge in [-0.15, -0.1) is 11.3 Å². The number of carbonyl (C=O) groups is 1. The van der Waals surface area contributed by atoms with Crippen LogP contribution in [0.1, 0.15) is 48.3 Å². The van der Waals surface area contributed by atoms with Gasteiger partial charge in [0.15, 0.2) is 0 Å². The Balaban J connectivity index is 1.68. The Labute approximate surface area is 124 Å². The highest BCUT2D eigenvalue weighted by atomic mass is 32.1. The quantitative estimate of drug-likeness (QED) is 0.819. The molecule has 0 unspecified atom stereocenters. The topological polar surface area (TPSA) is 49.3 Å². The van der Waals surface area contributed by atoms with Crippen LogP contribution in [0.4, 0.5) is 0 Å². The number of carbonyl (C=O) groups excluding carboxylic acids is 1. The lowest BCUT2D eigenvalue weighted by Gasteiger charge is -2.08. The fraction of sp³-hybridized carbons (Fsp3) is 0.562. The Bertz CT molecular complexity index is 492. The van der Waals surface area contributed by atoms with Crippen LogP contribution in [0, 0.1) is 17.8 Å². The molecule has 1 aliphatic rings. The standard InChI is InChI=1S/C16H21NO2S/c18-11-3-6-14-8-9-15(20-14)12-17-16(19)10-7-13-4-1-2-5-13/h8-9,13,18H,1-2,4-5,7,10-12H2,(H,17,19). The van der Waals surface area contributed by atoms with Crippen molar-refractivity contribution in [2.24, 2.45) is 5.92 Å². The van der Waals surface area contributed by atoms with Gasteiger partial charge >= 0.3 is 0 Å². The van der Waals surface area contributed by atoms with E-state index in [1.54, 1.807) is 11.3 Å². The zero-order valence-corrected chi connectivity index (χ0v) is 12.5. The van der Waals surface area contributed by atoms with Crippen LogP contribution in [0.3, 0.4) is 0 Å². The van der Waals surface area contributed by atoms with Gasteiger partial charge in [-0.05, 0) is 24.5 Å². The minimum atomic E-state index is -0.120. The van der Waals surface area contributed by atoms with E-state index in [2.05, 4.69) is 17.2 Å². The largest absolute Gasteiger partial charge is 0.384 e. The molecule has 1 fully saturated rings. The van der Waals surface area contributed by atoms with Gasteiger partial charge in [-0.25, -0.2) is 0 Å². The summed E-state index contributed by atoms with van der Waals surface area (Å²) in [5, 5.41) is 11.6. The van der Waals surface area contributed by atoms with Gasteiger partial charge in [-0.2, -0.15) is 0 Å². The van der Waals surface area contributed by atoms with Crippen LogP contribution in [0.25, 0.3) is 0 Å². The summed E-state index contributed by atoms with van der Waals surface area (Å²) in [7, 11) is 0. The SMILES string of the molecule is O=C(CCC1CCCC1)NCc1ccc(C#CCO)s1. The molecule has 1 aliphatic carbocycles. The Hall–Kier alpha value is -1.31. The van der Waals surface area contributed by atoms with Crippen molar-refractivity contribution in [1.29, 1.82) is 0 Å². The van der Waals surface area contributed by atoms with Crippen molar-refractivity contribution in [2.75, 3.05) is 6.61 Å². The van der Waals surface area contributed by atoms with Crippen molar-refractivity contribution in [3.8, 4) is 11.8 Å². The average molecular weight is 291 g/mol. The number of rotatable bonds is 5. The van der Waals surface area contributed by atoms with E-state index in [4.69, 9.17) is 5.11 Å². The van der Waals surface area contributed by atoms with Gasteiger partial charge < -0.3 is 10.4 Å². The average Bonchev–Trinajstić information content (AvgIpc) is 3.12. The number of thiophene rings is 1. The summed E-state index contributed by atoms with van der Waals surface area (Å²) in [6.45, 7) is 0.458. The molecule has 0 bridgehead atoms. The van der Waals surface area contributed by atoms with E-state index >= 15 is 0 Å². The Morgan fingerprint density at radius 2 is 2.20 bits per heavy atom. The van der Waals surface area contributed by atoms with Crippen molar-refractivity contribution in [2.45, 2.75) is 45.1 Å². The van der Waals surface area contributed by atoms with E-state index in [-0.39, 0.29) is 12.5 Å². The Morgan fingerprint density at radius 1 is 1.40 bits per heavy atom. The molecule has 0 aliphatic heterocycles. The molecule has 0 radical (unpaired) electrons. The molecule has 0 atom stereocenters. The van der Waals surface area contributed by atoms with Crippen molar-refractivity contribution < 1.29 is 9.90 Å². The molecule has 2 N–H and O–H groups in total. The summed E-state index contributed by atoms with van der Waals surface area (Å²) in [5.74, 6) is 6.41. The lowest BCUT2D eigenvalue weighted by atomic mass is 10.0. The first-order valence-electron chi connectivity index (χ1n) is 7.23. The fourth-order valence-electron chi connectivity index (χ4n) is 2.58. The second-order valence-electron chi connectivity index (χ2n) is 5.19. The van der Waals surface area contributed by atoms with Crippen molar-refractivity contribution in [3.05, 3.63) is 21.9 Å². The van der Waals surface area contributed by atoms with Crippen LogP contribution >= 0.6 is 11.3 Å². The number of amides is 1. The fourth-order valence-corrected chi connectivity index (χ4v) is 3.40. The number of aliphatic hydroxyl groups excluding tert-OH is 1. The first kappa shape index (κ1) is 15.1. The molecular formula is C16H21NO2S. The van der Waals surface area contributed by atoms with Gasteiger partial charge in [0.2, 0.25) is 5.91 Å². The number of aliphatic hydroxyl groups is 1. The molecule has 1 saturated carbocycles. The first-order valence-corrected chi connectivity index (χ1v) is 8.04. The lowest BCUT2D eigenvalue weighted by molar-refractivity contribution is -0.121. The monoisotopic (exact) mass is 291 g/mol. The minimum absolute atomic E-state index is 0.120. The Morgan fingerprint density at radius 3 is 2.95 bits per heavy atom. The molecule has 1 aromatic heterocycles. The molecule has 3 nitrogen and oxygen atoms in total. The zero-order chi connectivity index (χ0) is 14.2. The van der Waals surface area contributed by atoms with Crippen LogP contribution in [0.2, 0.25) is 0 Å². The van der Waals surface area contributed by atoms with Gasteiger partial charge in [0.1, 0.15) is 6.61 Å². The first-order chi connectivity index (χ1) is 9.78. The van der Waals surface area contributed by atoms with Crippen LogP contribution < -0.4 is 5.32 Å². The maximum absolute atomic E-state index is 11.8. The molecule has 1 amide bonds. The molecule has 0 aromatic carbocycles. The zero-order valence-electron chi connectivity index (χ0n) is 11.7. The van der Waals surface area contributed by atoms with Crippen molar-refractivity contribution >= 4 is 17.2 Å². The number of hydrogen-bond acceptors (Lipinski definition) is 3. The van der Waals surface area contributed by atoms with E-state index in [0.717, 1.165) is 22.1 Å². The summed E-state index contributed by atoms with van der Waals surface area (Å²) in [6.07, 6.45) is 6.94. The molecule has 2 rings (SSSR count). The third-order valence-electron chi connectivity index (χ3n) is 3.67. The molecule has 1 aromatic rings. The third-order valence-corrected chi connectivity index (χ3v) is 4.67. The van der Waals surface area contributed by atoms with Gasteiger partial charge in [-0.1, -0.05) is 37.5 Å². The smallest absolute Gasteiger partial charge is 0.220 e. The van der Waals surface area contributed by atoms with Gasteiger partial charge in [0.05, 0.1) is 11.4 Å². The second kappa shape index (κ2) is 8.08. The molecular weight excluding hydrogens is 270 g/mol. The normalized spacial score (nSPS) is 14.8. The van der Waals surface area contributed by atoms with Crippen LogP contribution in [0.15, 0.2) is 12.1 Å². The predicted octanol–water partition coefficient (Wildman–Crippen LogP) is 2.68. The van der Waals surface area contributed by atoms with E-state index in [1.165, 1.54) is 25.7 Å². The molecule has 0 spiro atoms. The van der Waals surface area contributed by atoms with E-state index < -0.39 is 0 Å². The minimum Gasteiger partial charge on any atom is -0.384 e. The highest BCUT2D eigenvalue weighted by Crippen LogP contribution is 2.28. The van der Waals surface area contributed by atoms with E-state index in [9.17, 15) is 4.79 Å². The molecule has 4 heteroatoms. The predicted molar refractivity (Wildman–Crippen MR) is 81.3 cm³/mol. The highest BCUT2D eigenvalue weighted by molar-refractivity contribution is 7.12. The summed E-state index contributed by atoms with van der Waals surface area (Å²) < 4.78 is 0. The van der Waals surface area contributed by atoms with Gasteiger partial charge in [-0.3, -0.25) is 4.79 Å².